The number of halogens is 1. The maximum Gasteiger partial charge on any atom is 0.293 e. The molecule has 0 aliphatic heterocycles. The van der Waals surface area contributed by atoms with Gasteiger partial charge in [-0.3, -0.25) is 9.78 Å². The second-order valence-corrected chi connectivity index (χ2v) is 4.43. The van der Waals surface area contributed by atoms with Crippen molar-refractivity contribution in [3.05, 3.63) is 34.4 Å². The van der Waals surface area contributed by atoms with Crippen LogP contribution in [0.3, 0.4) is 0 Å². The van der Waals surface area contributed by atoms with E-state index in [9.17, 15) is 9.90 Å². The molecule has 5 heteroatoms. The maximum atomic E-state index is 10.1. The Kier molecular flexibility index (Phi) is 3.58. The minimum atomic E-state index is 0.186. The van der Waals surface area contributed by atoms with Crippen molar-refractivity contribution in [2.24, 2.45) is 0 Å². The maximum absolute atomic E-state index is 10.1. The normalized spacial score (nSPS) is 10.4. The topological polar surface area (TPSA) is 59.4 Å². The number of hydrogen-bond acceptors (Lipinski definition) is 4. The Morgan fingerprint density at radius 2 is 2.29 bits per heavy atom. The number of carbonyl (C=O) groups excluding carboxylic acids is 1. The molecule has 0 bridgehead atoms. The second kappa shape index (κ2) is 5.14. The average Bonchev–Trinajstić information content (AvgIpc) is 2.33. The van der Waals surface area contributed by atoms with Gasteiger partial charge in [-0.1, -0.05) is 15.9 Å². The number of hydrogen-bond donors (Lipinski definition) is 1. The molecule has 0 unspecified atom stereocenters. The first-order valence-electron chi connectivity index (χ1n) is 5.03. The smallest absolute Gasteiger partial charge is 0.293 e. The molecule has 0 spiro atoms. The lowest BCUT2D eigenvalue weighted by atomic mass is 10.1. The number of nitrogens with zero attached hydrogens (tertiary/aromatic N) is 1. The highest BCUT2D eigenvalue weighted by Crippen LogP contribution is 2.29. The number of pyridine rings is 1. The Labute approximate surface area is 106 Å². The zero-order chi connectivity index (χ0) is 12.3. The number of ether oxygens (including phenoxy) is 1. The molecule has 2 aromatic rings. The lowest BCUT2D eigenvalue weighted by Gasteiger charge is -2.07. The minimum absolute atomic E-state index is 0.186. The number of carbonyl (C=O) groups is 1. The molecular formula is C12H10BrNO3. The summed E-state index contributed by atoms with van der Waals surface area (Å²) < 4.78 is 5.48. The summed E-state index contributed by atoms with van der Waals surface area (Å²) in [6.45, 7) is 0.625. The fraction of sp³-hybridized carbons (Fsp3) is 0.167. The fourth-order valence-corrected chi connectivity index (χ4v) is 1.95. The summed E-state index contributed by atoms with van der Waals surface area (Å²) in [7, 11) is 0. The van der Waals surface area contributed by atoms with Crippen LogP contribution >= 0.6 is 15.9 Å². The van der Waals surface area contributed by atoms with Crippen LogP contribution in [0.1, 0.15) is 5.56 Å². The van der Waals surface area contributed by atoms with E-state index in [1.807, 2.05) is 18.2 Å². The molecule has 0 fully saturated rings. The molecule has 0 radical (unpaired) electrons. The van der Waals surface area contributed by atoms with Gasteiger partial charge in [0.25, 0.3) is 6.47 Å². The van der Waals surface area contributed by atoms with E-state index in [0.717, 1.165) is 9.99 Å². The predicted molar refractivity (Wildman–Crippen MR) is 66.8 cm³/mol. The van der Waals surface area contributed by atoms with Crippen molar-refractivity contribution >= 4 is 33.3 Å². The average molecular weight is 296 g/mol. The molecule has 17 heavy (non-hydrogen) atoms. The van der Waals surface area contributed by atoms with Crippen LogP contribution in [-0.4, -0.2) is 23.2 Å². The highest BCUT2D eigenvalue weighted by Gasteiger charge is 2.08. The number of fused-ring (bicyclic) bond motifs is 1. The van der Waals surface area contributed by atoms with Gasteiger partial charge in [0.1, 0.15) is 5.75 Å². The zero-order valence-electron chi connectivity index (χ0n) is 8.89. The van der Waals surface area contributed by atoms with E-state index in [-0.39, 0.29) is 12.4 Å². The van der Waals surface area contributed by atoms with Crippen LogP contribution in [0.15, 0.2) is 28.9 Å². The number of aromatic hydroxyl groups is 1. The molecule has 4 nitrogen and oxygen atoms in total. The quantitative estimate of drug-likeness (QED) is 0.695. The summed E-state index contributed by atoms with van der Waals surface area (Å²) in [6.07, 6.45) is 2.04. The first-order chi connectivity index (χ1) is 8.22. The number of aromatic nitrogens is 1. The van der Waals surface area contributed by atoms with Gasteiger partial charge < -0.3 is 9.84 Å². The van der Waals surface area contributed by atoms with Crippen molar-refractivity contribution in [2.75, 3.05) is 6.61 Å². The van der Waals surface area contributed by atoms with Crippen LogP contribution in [0.5, 0.6) is 5.75 Å². The third-order valence-corrected chi connectivity index (χ3v) is 2.93. The lowest BCUT2D eigenvalue weighted by Crippen LogP contribution is -1.98. The van der Waals surface area contributed by atoms with E-state index in [2.05, 4.69) is 25.7 Å². The Hall–Kier alpha value is -1.62. The molecule has 0 aliphatic rings. The molecule has 1 N–H and O–H groups in total. The van der Waals surface area contributed by atoms with Gasteiger partial charge in [-0.15, -0.1) is 0 Å². The second-order valence-electron chi connectivity index (χ2n) is 3.51. The van der Waals surface area contributed by atoms with Gasteiger partial charge in [-0.2, -0.15) is 0 Å². The fourth-order valence-electron chi connectivity index (χ4n) is 1.59. The molecular weight excluding hydrogens is 286 g/mol. The summed E-state index contributed by atoms with van der Waals surface area (Å²) in [5.74, 6) is 0.186. The van der Waals surface area contributed by atoms with Crippen molar-refractivity contribution in [1.82, 2.24) is 4.98 Å². The van der Waals surface area contributed by atoms with E-state index in [4.69, 9.17) is 0 Å². The minimum Gasteiger partial charge on any atom is -0.507 e. The Morgan fingerprint density at radius 3 is 3.06 bits per heavy atom. The van der Waals surface area contributed by atoms with Gasteiger partial charge in [0.2, 0.25) is 0 Å². The molecule has 1 heterocycles. The molecule has 1 aromatic carbocycles. The van der Waals surface area contributed by atoms with Gasteiger partial charge in [-0.25, -0.2) is 0 Å². The predicted octanol–water partition coefficient (Wildman–Crippen LogP) is 2.42. The summed E-state index contributed by atoms with van der Waals surface area (Å²) in [4.78, 5) is 14.3. The first kappa shape index (κ1) is 11.9. The number of benzene rings is 1. The van der Waals surface area contributed by atoms with E-state index in [0.29, 0.717) is 23.8 Å². The lowest BCUT2D eigenvalue weighted by molar-refractivity contribution is -0.128. The van der Waals surface area contributed by atoms with Gasteiger partial charge in [0.05, 0.1) is 12.1 Å². The molecule has 0 amide bonds. The summed E-state index contributed by atoms with van der Waals surface area (Å²) in [5, 5.41) is 10.8. The van der Waals surface area contributed by atoms with Gasteiger partial charge >= 0.3 is 0 Å². The highest BCUT2D eigenvalue weighted by atomic mass is 79.9. The monoisotopic (exact) mass is 295 g/mol. The Bertz CT molecular complexity index is 557. The van der Waals surface area contributed by atoms with E-state index < -0.39 is 0 Å². The molecule has 0 saturated carbocycles. The van der Waals surface area contributed by atoms with Crippen LogP contribution in [-0.2, 0) is 16.0 Å². The SMILES string of the molecule is O=COCCc1cnc2ccc(Br)cc2c1O. The van der Waals surface area contributed by atoms with Gasteiger partial charge in [-0.05, 0) is 18.2 Å². The molecule has 0 saturated heterocycles. The molecule has 1 aromatic heterocycles. The third-order valence-electron chi connectivity index (χ3n) is 2.43. The van der Waals surface area contributed by atoms with Crippen molar-refractivity contribution in [2.45, 2.75) is 6.42 Å². The van der Waals surface area contributed by atoms with Gasteiger partial charge in [0.15, 0.2) is 0 Å². The largest absolute Gasteiger partial charge is 0.507 e. The van der Waals surface area contributed by atoms with Crippen molar-refractivity contribution in [1.29, 1.82) is 0 Å². The van der Waals surface area contributed by atoms with E-state index in [1.54, 1.807) is 6.20 Å². The molecule has 88 valence electrons. The summed E-state index contributed by atoms with van der Waals surface area (Å²) >= 11 is 3.35. The zero-order valence-corrected chi connectivity index (χ0v) is 10.5. The van der Waals surface area contributed by atoms with Gasteiger partial charge in [0, 0.05) is 28.0 Å². The Morgan fingerprint density at radius 1 is 1.47 bits per heavy atom. The van der Waals surface area contributed by atoms with Crippen LogP contribution in [0.25, 0.3) is 10.9 Å². The van der Waals surface area contributed by atoms with Crippen molar-refractivity contribution < 1.29 is 14.6 Å². The molecule has 0 aliphatic carbocycles. The molecule has 2 rings (SSSR count). The summed E-state index contributed by atoms with van der Waals surface area (Å²) in [5.41, 5.74) is 1.39. The van der Waals surface area contributed by atoms with Crippen molar-refractivity contribution in [3.63, 3.8) is 0 Å². The van der Waals surface area contributed by atoms with Crippen LogP contribution in [0.2, 0.25) is 0 Å². The van der Waals surface area contributed by atoms with Crippen LogP contribution < -0.4 is 0 Å². The standard InChI is InChI=1S/C12H10BrNO3/c13-9-1-2-11-10(5-9)12(16)8(6-14-11)3-4-17-7-15/h1-2,5-7H,3-4H2,(H,14,16). The van der Waals surface area contributed by atoms with E-state index in [1.165, 1.54) is 0 Å². The van der Waals surface area contributed by atoms with Crippen LogP contribution in [0, 0.1) is 0 Å². The summed E-state index contributed by atoms with van der Waals surface area (Å²) in [6, 6.07) is 5.50. The van der Waals surface area contributed by atoms with E-state index >= 15 is 0 Å². The number of rotatable bonds is 4. The highest BCUT2D eigenvalue weighted by molar-refractivity contribution is 9.10. The van der Waals surface area contributed by atoms with Crippen LogP contribution in [0.4, 0.5) is 0 Å². The van der Waals surface area contributed by atoms with Crippen molar-refractivity contribution in [3.8, 4) is 5.75 Å². The Balaban J connectivity index is 2.38. The first-order valence-corrected chi connectivity index (χ1v) is 5.83. The third kappa shape index (κ3) is 2.55. The molecule has 0 atom stereocenters.